The Balaban J connectivity index is 2.63. The fraction of sp³-hybridized carbons (Fsp3) is 0.615. The maximum Gasteiger partial charge on any atom is 0.262 e. The molecule has 0 fully saturated rings. The molecular weight excluding hydrogens is 314 g/mol. The van der Waals surface area contributed by atoms with Crippen molar-refractivity contribution in [1.29, 1.82) is 0 Å². The van der Waals surface area contributed by atoms with Gasteiger partial charge in [-0.15, -0.1) is 11.3 Å². The van der Waals surface area contributed by atoms with Crippen LogP contribution in [0.25, 0.3) is 0 Å². The number of amides is 1. The second-order valence-electron chi connectivity index (χ2n) is 4.46. The van der Waals surface area contributed by atoms with E-state index >= 15 is 0 Å². The first-order valence-corrected chi connectivity index (χ1v) is 7.88. The molecule has 0 saturated carbocycles. The SMILES string of the molecule is CCC(CC)(CCO)CNC(=O)c1sccc1Br. The molecule has 0 unspecified atom stereocenters. The molecule has 0 aliphatic heterocycles. The van der Waals surface area contributed by atoms with Gasteiger partial charge in [0.15, 0.2) is 0 Å². The van der Waals surface area contributed by atoms with Crippen LogP contribution in [0.1, 0.15) is 42.8 Å². The van der Waals surface area contributed by atoms with Crippen LogP contribution in [0, 0.1) is 5.41 Å². The molecule has 102 valence electrons. The van der Waals surface area contributed by atoms with Gasteiger partial charge in [0.05, 0.1) is 0 Å². The van der Waals surface area contributed by atoms with Gasteiger partial charge in [-0.25, -0.2) is 0 Å². The first-order chi connectivity index (χ1) is 8.58. The lowest BCUT2D eigenvalue weighted by molar-refractivity contribution is 0.0910. The van der Waals surface area contributed by atoms with Gasteiger partial charge in [0, 0.05) is 17.6 Å². The summed E-state index contributed by atoms with van der Waals surface area (Å²) in [6.45, 7) is 4.99. The van der Waals surface area contributed by atoms with E-state index in [1.165, 1.54) is 11.3 Å². The largest absolute Gasteiger partial charge is 0.396 e. The molecule has 0 atom stereocenters. The number of rotatable bonds is 7. The summed E-state index contributed by atoms with van der Waals surface area (Å²) in [5, 5.41) is 14.0. The molecule has 0 spiro atoms. The van der Waals surface area contributed by atoms with E-state index in [9.17, 15) is 4.79 Å². The van der Waals surface area contributed by atoms with Crippen LogP contribution in [0.15, 0.2) is 15.9 Å². The van der Waals surface area contributed by atoms with Gasteiger partial charge in [-0.3, -0.25) is 4.79 Å². The van der Waals surface area contributed by atoms with Crippen molar-refractivity contribution < 1.29 is 9.90 Å². The smallest absolute Gasteiger partial charge is 0.262 e. The van der Waals surface area contributed by atoms with E-state index in [0.717, 1.165) is 23.7 Å². The number of hydrogen-bond donors (Lipinski definition) is 2. The Morgan fingerprint density at radius 1 is 1.50 bits per heavy atom. The molecule has 0 aliphatic carbocycles. The third kappa shape index (κ3) is 3.80. The molecule has 3 nitrogen and oxygen atoms in total. The number of carbonyl (C=O) groups is 1. The Morgan fingerprint density at radius 2 is 2.17 bits per heavy atom. The van der Waals surface area contributed by atoms with E-state index in [4.69, 9.17) is 5.11 Å². The highest BCUT2D eigenvalue weighted by Gasteiger charge is 2.26. The second kappa shape index (κ2) is 7.26. The third-order valence-electron chi connectivity index (χ3n) is 3.59. The lowest BCUT2D eigenvalue weighted by atomic mass is 9.79. The summed E-state index contributed by atoms with van der Waals surface area (Å²) in [5.41, 5.74) is 0.00808. The Labute approximate surface area is 121 Å². The minimum Gasteiger partial charge on any atom is -0.396 e. The van der Waals surface area contributed by atoms with E-state index in [1.54, 1.807) is 0 Å². The first kappa shape index (κ1) is 15.7. The molecule has 1 aromatic heterocycles. The van der Waals surface area contributed by atoms with Crippen molar-refractivity contribution in [3.05, 3.63) is 20.8 Å². The number of halogens is 1. The standard InChI is InChI=1S/C13H20BrNO2S/c1-3-13(4-2,6-7-16)9-15-12(17)11-10(14)5-8-18-11/h5,8,16H,3-4,6-7,9H2,1-2H3,(H,15,17). The van der Waals surface area contributed by atoms with Crippen LogP contribution in [0.3, 0.4) is 0 Å². The summed E-state index contributed by atoms with van der Waals surface area (Å²) in [5.74, 6) is -0.0407. The number of carbonyl (C=O) groups excluding carboxylic acids is 1. The summed E-state index contributed by atoms with van der Waals surface area (Å²) in [4.78, 5) is 12.7. The normalized spacial score (nSPS) is 11.6. The molecule has 0 aromatic carbocycles. The fourth-order valence-electron chi connectivity index (χ4n) is 1.98. The molecule has 1 amide bonds. The average Bonchev–Trinajstić information content (AvgIpc) is 2.80. The third-order valence-corrected chi connectivity index (χ3v) is 5.43. The Kier molecular flexibility index (Phi) is 6.32. The molecule has 0 bridgehead atoms. The molecule has 1 rings (SSSR count). The van der Waals surface area contributed by atoms with E-state index in [1.807, 2.05) is 11.4 Å². The van der Waals surface area contributed by atoms with Crippen LogP contribution in [0.5, 0.6) is 0 Å². The average molecular weight is 334 g/mol. The highest BCUT2D eigenvalue weighted by molar-refractivity contribution is 9.10. The van der Waals surface area contributed by atoms with Crippen molar-refractivity contribution in [3.63, 3.8) is 0 Å². The zero-order chi connectivity index (χ0) is 13.6. The van der Waals surface area contributed by atoms with Crippen molar-refractivity contribution in [2.24, 2.45) is 5.41 Å². The van der Waals surface area contributed by atoms with Crippen LogP contribution in [0.4, 0.5) is 0 Å². The monoisotopic (exact) mass is 333 g/mol. The topological polar surface area (TPSA) is 49.3 Å². The first-order valence-electron chi connectivity index (χ1n) is 6.20. The highest BCUT2D eigenvalue weighted by Crippen LogP contribution is 2.30. The maximum absolute atomic E-state index is 12.0. The summed E-state index contributed by atoms with van der Waals surface area (Å²) in [6, 6.07) is 1.88. The number of aliphatic hydroxyl groups excluding tert-OH is 1. The quantitative estimate of drug-likeness (QED) is 0.803. The molecule has 0 aliphatic rings. The Bertz CT molecular complexity index is 388. The number of nitrogens with one attached hydrogen (secondary N) is 1. The van der Waals surface area contributed by atoms with Crippen molar-refractivity contribution in [1.82, 2.24) is 5.32 Å². The van der Waals surface area contributed by atoms with Gasteiger partial charge in [0.2, 0.25) is 0 Å². The molecule has 5 heteroatoms. The molecule has 0 saturated heterocycles. The van der Waals surface area contributed by atoms with E-state index in [-0.39, 0.29) is 17.9 Å². The van der Waals surface area contributed by atoms with Crippen LogP contribution in [-0.2, 0) is 0 Å². The molecule has 1 heterocycles. The number of thiophene rings is 1. The van der Waals surface area contributed by atoms with E-state index in [2.05, 4.69) is 35.1 Å². The van der Waals surface area contributed by atoms with E-state index < -0.39 is 0 Å². The molecular formula is C13H20BrNO2S. The lowest BCUT2D eigenvalue weighted by Crippen LogP contribution is -2.37. The lowest BCUT2D eigenvalue weighted by Gasteiger charge is -2.31. The molecule has 2 N–H and O–H groups in total. The molecule has 18 heavy (non-hydrogen) atoms. The van der Waals surface area contributed by atoms with E-state index in [0.29, 0.717) is 11.4 Å². The van der Waals surface area contributed by atoms with Gasteiger partial charge in [0.25, 0.3) is 5.91 Å². The maximum atomic E-state index is 12.0. The zero-order valence-electron chi connectivity index (χ0n) is 10.8. The summed E-state index contributed by atoms with van der Waals surface area (Å²) in [7, 11) is 0. The van der Waals surface area contributed by atoms with Crippen molar-refractivity contribution in [3.8, 4) is 0 Å². The predicted octanol–water partition coefficient (Wildman–Crippen LogP) is 3.43. The van der Waals surface area contributed by atoms with Crippen molar-refractivity contribution >= 4 is 33.2 Å². The predicted molar refractivity (Wildman–Crippen MR) is 79.1 cm³/mol. The Morgan fingerprint density at radius 3 is 2.61 bits per heavy atom. The van der Waals surface area contributed by atoms with Crippen molar-refractivity contribution in [2.75, 3.05) is 13.2 Å². The summed E-state index contributed by atoms with van der Waals surface area (Å²) >= 11 is 4.79. The zero-order valence-corrected chi connectivity index (χ0v) is 13.2. The van der Waals surface area contributed by atoms with Gasteiger partial charge < -0.3 is 10.4 Å². The molecule has 0 radical (unpaired) electrons. The van der Waals surface area contributed by atoms with Gasteiger partial charge in [0.1, 0.15) is 4.88 Å². The van der Waals surface area contributed by atoms with Gasteiger partial charge in [-0.2, -0.15) is 0 Å². The second-order valence-corrected chi connectivity index (χ2v) is 6.23. The van der Waals surface area contributed by atoms with Crippen LogP contribution < -0.4 is 5.32 Å². The minimum atomic E-state index is -0.0407. The minimum absolute atomic E-state index is 0.00808. The van der Waals surface area contributed by atoms with Gasteiger partial charge in [-0.05, 0) is 52.1 Å². The van der Waals surface area contributed by atoms with Gasteiger partial charge in [-0.1, -0.05) is 13.8 Å². The van der Waals surface area contributed by atoms with Crippen LogP contribution in [0.2, 0.25) is 0 Å². The molecule has 1 aromatic rings. The van der Waals surface area contributed by atoms with Crippen LogP contribution >= 0.6 is 27.3 Å². The summed E-state index contributed by atoms with van der Waals surface area (Å²) < 4.78 is 0.839. The van der Waals surface area contributed by atoms with Crippen molar-refractivity contribution in [2.45, 2.75) is 33.1 Å². The number of aliphatic hydroxyl groups is 1. The summed E-state index contributed by atoms with van der Waals surface area (Å²) in [6.07, 6.45) is 2.64. The Hall–Kier alpha value is -0.390. The number of hydrogen-bond acceptors (Lipinski definition) is 3. The highest BCUT2D eigenvalue weighted by atomic mass is 79.9. The van der Waals surface area contributed by atoms with Gasteiger partial charge >= 0.3 is 0 Å². The van der Waals surface area contributed by atoms with Crippen LogP contribution in [-0.4, -0.2) is 24.2 Å². The fourth-order valence-corrected chi connectivity index (χ4v) is 3.45.